The monoisotopic (exact) mass is 355 g/mol. The number of nitrogens with zero attached hydrogens (tertiary/aromatic N) is 2. The van der Waals surface area contributed by atoms with Gasteiger partial charge in [-0.15, -0.1) is 0 Å². The molecule has 1 aromatic rings. The fourth-order valence-corrected chi connectivity index (χ4v) is 5.64. The summed E-state index contributed by atoms with van der Waals surface area (Å²) in [6, 6.07) is 6.44. The van der Waals surface area contributed by atoms with E-state index in [4.69, 9.17) is 4.74 Å². The number of carbonyl (C=O) groups is 2. The highest BCUT2D eigenvalue weighted by Crippen LogP contribution is 2.55. The zero-order valence-electron chi connectivity index (χ0n) is 15.2. The van der Waals surface area contributed by atoms with E-state index in [9.17, 15) is 9.59 Å². The average Bonchev–Trinajstić information content (AvgIpc) is 3.40. The van der Waals surface area contributed by atoms with Crippen LogP contribution in [0.3, 0.4) is 0 Å². The SMILES string of the molecule is COC(=O)C1CC2(C(=O)Nc3ccc(N4CCCC4)cc32)N2CCCC12. The number of nitrogens with one attached hydrogen (secondary N) is 1. The molecule has 0 saturated carbocycles. The molecule has 5 rings (SSSR count). The number of methoxy groups -OCH3 is 1. The quantitative estimate of drug-likeness (QED) is 0.823. The van der Waals surface area contributed by atoms with Crippen molar-refractivity contribution in [3.63, 3.8) is 0 Å². The van der Waals surface area contributed by atoms with Gasteiger partial charge < -0.3 is 15.0 Å². The van der Waals surface area contributed by atoms with Gasteiger partial charge in [0.1, 0.15) is 5.54 Å². The number of esters is 1. The van der Waals surface area contributed by atoms with Crippen molar-refractivity contribution in [3.05, 3.63) is 23.8 Å². The summed E-state index contributed by atoms with van der Waals surface area (Å²) in [7, 11) is 1.45. The van der Waals surface area contributed by atoms with E-state index in [-0.39, 0.29) is 23.8 Å². The van der Waals surface area contributed by atoms with Gasteiger partial charge in [0.25, 0.3) is 0 Å². The van der Waals surface area contributed by atoms with Gasteiger partial charge in [0.05, 0.1) is 13.0 Å². The van der Waals surface area contributed by atoms with E-state index in [1.54, 1.807) is 0 Å². The number of hydrogen-bond acceptors (Lipinski definition) is 5. The van der Waals surface area contributed by atoms with E-state index < -0.39 is 5.54 Å². The Morgan fingerprint density at radius 1 is 1.23 bits per heavy atom. The summed E-state index contributed by atoms with van der Waals surface area (Å²) in [6.07, 6.45) is 4.94. The third kappa shape index (κ3) is 2.02. The molecule has 26 heavy (non-hydrogen) atoms. The van der Waals surface area contributed by atoms with Crippen LogP contribution >= 0.6 is 0 Å². The molecule has 6 heteroatoms. The number of fused-ring (bicyclic) bond motifs is 4. The van der Waals surface area contributed by atoms with E-state index >= 15 is 0 Å². The fourth-order valence-electron chi connectivity index (χ4n) is 5.64. The normalized spacial score (nSPS) is 32.8. The van der Waals surface area contributed by atoms with Gasteiger partial charge in [-0.05, 0) is 56.8 Å². The number of rotatable bonds is 2. The maximum atomic E-state index is 13.2. The van der Waals surface area contributed by atoms with Gasteiger partial charge in [0.15, 0.2) is 0 Å². The summed E-state index contributed by atoms with van der Waals surface area (Å²) >= 11 is 0. The first-order valence-electron chi connectivity index (χ1n) is 9.70. The summed E-state index contributed by atoms with van der Waals surface area (Å²) < 4.78 is 5.07. The molecule has 0 aliphatic carbocycles. The number of amides is 1. The first kappa shape index (κ1) is 16.1. The van der Waals surface area contributed by atoms with Crippen LogP contribution in [0.4, 0.5) is 11.4 Å². The van der Waals surface area contributed by atoms with E-state index in [1.807, 2.05) is 6.07 Å². The first-order chi connectivity index (χ1) is 12.6. The molecule has 3 unspecified atom stereocenters. The average molecular weight is 355 g/mol. The second kappa shape index (κ2) is 5.71. The van der Waals surface area contributed by atoms with Crippen LogP contribution in [0.25, 0.3) is 0 Å². The van der Waals surface area contributed by atoms with Crippen molar-refractivity contribution in [1.29, 1.82) is 0 Å². The zero-order chi connectivity index (χ0) is 17.9. The van der Waals surface area contributed by atoms with Crippen LogP contribution in [-0.4, -0.2) is 49.6 Å². The number of hydrogen-bond donors (Lipinski definition) is 1. The van der Waals surface area contributed by atoms with Crippen LogP contribution in [0.5, 0.6) is 0 Å². The summed E-state index contributed by atoms with van der Waals surface area (Å²) in [6.45, 7) is 3.01. The Balaban J connectivity index is 1.60. The van der Waals surface area contributed by atoms with E-state index in [1.165, 1.54) is 25.6 Å². The Morgan fingerprint density at radius 3 is 2.81 bits per heavy atom. The Kier molecular flexibility index (Phi) is 3.54. The fraction of sp³-hybridized carbons (Fsp3) is 0.600. The Hall–Kier alpha value is -2.08. The van der Waals surface area contributed by atoms with E-state index in [2.05, 4.69) is 27.2 Å². The molecule has 1 amide bonds. The van der Waals surface area contributed by atoms with Crippen molar-refractivity contribution in [3.8, 4) is 0 Å². The Labute approximate surface area is 153 Å². The van der Waals surface area contributed by atoms with Gasteiger partial charge in [-0.2, -0.15) is 0 Å². The molecule has 0 aromatic heterocycles. The third-order valence-corrected chi connectivity index (χ3v) is 6.82. The predicted octanol–water partition coefficient (Wildman–Crippen LogP) is 2.09. The molecule has 1 N–H and O–H groups in total. The molecule has 4 aliphatic rings. The molecule has 138 valence electrons. The summed E-state index contributed by atoms with van der Waals surface area (Å²) in [5, 5.41) is 3.09. The first-order valence-corrected chi connectivity index (χ1v) is 9.70. The molecular weight excluding hydrogens is 330 g/mol. The third-order valence-electron chi connectivity index (χ3n) is 6.82. The minimum absolute atomic E-state index is 0.0179. The number of anilines is 2. The summed E-state index contributed by atoms with van der Waals surface area (Å²) in [5.74, 6) is -0.394. The van der Waals surface area contributed by atoms with Crippen LogP contribution < -0.4 is 10.2 Å². The standard InChI is InChI=1S/C20H25N3O3/c1-26-18(24)14-12-20(23-10-4-5-17(14)23)15-11-13(22-8-2-3-9-22)6-7-16(15)21-19(20)25/h6-7,11,14,17H,2-5,8-10,12H2,1H3,(H,21,25). The number of benzene rings is 1. The van der Waals surface area contributed by atoms with Gasteiger partial charge >= 0.3 is 5.97 Å². The highest BCUT2D eigenvalue weighted by Gasteiger charge is 2.63. The molecule has 4 heterocycles. The van der Waals surface area contributed by atoms with Crippen LogP contribution in [0.1, 0.15) is 37.7 Å². The molecule has 6 nitrogen and oxygen atoms in total. The lowest BCUT2D eigenvalue weighted by Gasteiger charge is -2.33. The van der Waals surface area contributed by atoms with E-state index in [0.29, 0.717) is 6.42 Å². The molecule has 1 spiro atoms. The smallest absolute Gasteiger partial charge is 0.310 e. The highest BCUT2D eigenvalue weighted by atomic mass is 16.5. The molecule has 1 aromatic carbocycles. The van der Waals surface area contributed by atoms with Gasteiger partial charge in [-0.25, -0.2) is 0 Å². The van der Waals surface area contributed by atoms with Crippen molar-refractivity contribution in [1.82, 2.24) is 4.90 Å². The van der Waals surface area contributed by atoms with Crippen molar-refractivity contribution >= 4 is 23.3 Å². The maximum Gasteiger partial charge on any atom is 0.310 e. The lowest BCUT2D eigenvalue weighted by Crippen LogP contribution is -2.47. The highest BCUT2D eigenvalue weighted by molar-refractivity contribution is 6.07. The largest absolute Gasteiger partial charge is 0.469 e. The predicted molar refractivity (Wildman–Crippen MR) is 98.0 cm³/mol. The van der Waals surface area contributed by atoms with Crippen LogP contribution in [-0.2, 0) is 19.9 Å². The van der Waals surface area contributed by atoms with Gasteiger partial charge in [0.2, 0.25) is 5.91 Å². The van der Waals surface area contributed by atoms with Crippen LogP contribution in [0, 0.1) is 5.92 Å². The van der Waals surface area contributed by atoms with Gasteiger partial charge in [-0.3, -0.25) is 14.5 Å². The number of carbonyl (C=O) groups excluding carboxylic acids is 2. The van der Waals surface area contributed by atoms with Crippen molar-refractivity contribution < 1.29 is 14.3 Å². The zero-order valence-corrected chi connectivity index (χ0v) is 15.2. The molecule has 3 fully saturated rings. The second-order valence-electron chi connectivity index (χ2n) is 7.98. The van der Waals surface area contributed by atoms with Gasteiger partial charge in [0, 0.05) is 36.1 Å². The minimum atomic E-state index is -0.717. The van der Waals surface area contributed by atoms with Gasteiger partial charge in [-0.1, -0.05) is 0 Å². The maximum absolute atomic E-state index is 13.2. The Bertz CT molecular complexity index is 774. The van der Waals surface area contributed by atoms with Crippen LogP contribution in [0.15, 0.2) is 18.2 Å². The van der Waals surface area contributed by atoms with E-state index in [0.717, 1.165) is 43.7 Å². The second-order valence-corrected chi connectivity index (χ2v) is 7.98. The minimum Gasteiger partial charge on any atom is -0.469 e. The molecule has 3 atom stereocenters. The summed E-state index contributed by atoms with van der Waals surface area (Å²) in [5.41, 5.74) is 2.42. The lowest BCUT2D eigenvalue weighted by atomic mass is 9.84. The molecule has 0 bridgehead atoms. The molecular formula is C20H25N3O3. The molecule has 3 saturated heterocycles. The van der Waals surface area contributed by atoms with Crippen molar-refractivity contribution in [2.75, 3.05) is 37.0 Å². The molecule has 4 aliphatic heterocycles. The van der Waals surface area contributed by atoms with Crippen molar-refractivity contribution in [2.24, 2.45) is 5.92 Å². The number of ether oxygens (including phenoxy) is 1. The van der Waals surface area contributed by atoms with Crippen LogP contribution in [0.2, 0.25) is 0 Å². The summed E-state index contributed by atoms with van der Waals surface area (Å²) in [4.78, 5) is 30.2. The lowest BCUT2D eigenvalue weighted by molar-refractivity contribution is -0.146. The van der Waals surface area contributed by atoms with Crippen molar-refractivity contribution in [2.45, 2.75) is 43.7 Å². The molecule has 0 radical (unpaired) electrons. The topological polar surface area (TPSA) is 61.9 Å². The Morgan fingerprint density at radius 2 is 2.04 bits per heavy atom.